The third kappa shape index (κ3) is 3.79. The molecule has 1 N–H and O–H groups in total. The molecule has 0 atom stereocenters. The van der Waals surface area contributed by atoms with Gasteiger partial charge in [0.05, 0.1) is 0 Å². The molecule has 0 fully saturated rings. The third-order valence-electron chi connectivity index (χ3n) is 0.241. The summed E-state index contributed by atoms with van der Waals surface area (Å²) in [6, 6.07) is 0. The molecule has 0 aromatic rings. The summed E-state index contributed by atoms with van der Waals surface area (Å²) < 4.78 is 9.94. The molecule has 0 heterocycles. The predicted octanol–water partition coefficient (Wildman–Crippen LogP) is 0.253. The Morgan fingerprint density at radius 3 is 2.29 bits per heavy atom. The summed E-state index contributed by atoms with van der Waals surface area (Å²) in [5.74, 6) is 0. The number of thiol groups is 2. The van der Waals surface area contributed by atoms with Crippen molar-refractivity contribution in [3.63, 3.8) is 0 Å². The SMILES string of the molecule is [OH][Mo][N](S)C(=S)S. The predicted molar refractivity (Wildman–Crippen MR) is 34.6 cm³/mol. The molecule has 7 heavy (non-hydrogen) atoms. The minimum absolute atomic E-state index is 0.327. The monoisotopic (exact) mass is 239 g/mol. The van der Waals surface area contributed by atoms with Crippen molar-refractivity contribution in [2.75, 3.05) is 0 Å². The van der Waals surface area contributed by atoms with Gasteiger partial charge in [-0.25, -0.2) is 0 Å². The van der Waals surface area contributed by atoms with Crippen LogP contribution in [0.2, 0.25) is 0 Å². The molecule has 6 heteroatoms. The molecule has 0 unspecified atom stereocenters. The summed E-state index contributed by atoms with van der Waals surface area (Å²) in [5, 5.41) is 0. The summed E-state index contributed by atoms with van der Waals surface area (Å²) in [6.07, 6.45) is 0. The molecular weight excluding hydrogens is 234 g/mol. The fraction of sp³-hybridized carbons (Fsp3) is 0. The van der Waals surface area contributed by atoms with E-state index < -0.39 is 19.2 Å². The van der Waals surface area contributed by atoms with Gasteiger partial charge in [0.1, 0.15) is 0 Å². The van der Waals surface area contributed by atoms with Crippen LogP contribution in [-0.4, -0.2) is 10.9 Å². The van der Waals surface area contributed by atoms with Crippen molar-refractivity contribution in [3.05, 3.63) is 0 Å². The average molecular weight is 237 g/mol. The van der Waals surface area contributed by atoms with Crippen LogP contribution in [-0.2, 0) is 19.2 Å². The Morgan fingerprint density at radius 2 is 2.29 bits per heavy atom. The van der Waals surface area contributed by atoms with Crippen LogP contribution in [0.4, 0.5) is 0 Å². The van der Waals surface area contributed by atoms with Gasteiger partial charge in [0.25, 0.3) is 0 Å². The van der Waals surface area contributed by atoms with Crippen molar-refractivity contribution in [2.24, 2.45) is 0 Å². The fourth-order valence-electron chi connectivity index (χ4n) is 0.0349. The Balaban J connectivity index is 3.34. The molecule has 0 saturated heterocycles. The Labute approximate surface area is 67.5 Å². The Bertz CT molecular complexity index is 77.3. The van der Waals surface area contributed by atoms with Gasteiger partial charge >= 0.3 is 67.8 Å². The van der Waals surface area contributed by atoms with E-state index in [1.165, 1.54) is 2.86 Å². The summed E-state index contributed by atoms with van der Waals surface area (Å²) in [4.78, 5) is 0. The molecule has 0 aromatic carbocycles. The summed E-state index contributed by atoms with van der Waals surface area (Å²) >= 11 is 10.8. The van der Waals surface area contributed by atoms with Crippen molar-refractivity contribution < 1.29 is 23.0 Å². The first-order valence-corrected chi connectivity index (χ1v) is 4.27. The van der Waals surface area contributed by atoms with Crippen LogP contribution in [0.1, 0.15) is 0 Å². The number of nitrogens with zero attached hydrogens (tertiary/aromatic N) is 1. The fourth-order valence-corrected chi connectivity index (χ4v) is 0.620. The molecule has 0 spiro atoms. The Kier molecular flexibility index (Phi) is 4.88. The number of thiocarbonyl (C=S) groups is 1. The molecule has 0 aliphatic carbocycles. The second kappa shape index (κ2) is 4.15. The van der Waals surface area contributed by atoms with Gasteiger partial charge in [0, 0.05) is 0 Å². The number of hydrogen-bond donors (Lipinski definition) is 3. The van der Waals surface area contributed by atoms with Gasteiger partial charge in [0.15, 0.2) is 0 Å². The van der Waals surface area contributed by atoms with Crippen molar-refractivity contribution in [1.29, 1.82) is 0 Å². The number of hydrogen-bond acceptors (Lipinski definition) is 3. The van der Waals surface area contributed by atoms with Crippen LogP contribution in [0.3, 0.4) is 0 Å². The van der Waals surface area contributed by atoms with Gasteiger partial charge in [-0.15, -0.1) is 0 Å². The minimum atomic E-state index is -1.16. The van der Waals surface area contributed by atoms with Crippen molar-refractivity contribution in [1.82, 2.24) is 2.86 Å². The zero-order valence-corrected chi connectivity index (χ0v) is 7.72. The van der Waals surface area contributed by atoms with E-state index in [0.717, 1.165) is 0 Å². The second-order valence-electron chi connectivity index (χ2n) is 0.637. The van der Waals surface area contributed by atoms with Crippen LogP contribution in [0.5, 0.6) is 0 Å². The third-order valence-corrected chi connectivity index (χ3v) is 3.05. The summed E-state index contributed by atoms with van der Waals surface area (Å²) in [5.41, 5.74) is 0. The first-order valence-electron chi connectivity index (χ1n) is 1.22. The molecule has 0 radical (unpaired) electrons. The van der Waals surface area contributed by atoms with Crippen molar-refractivity contribution in [2.45, 2.75) is 0 Å². The van der Waals surface area contributed by atoms with Gasteiger partial charge in [-0.05, 0) is 0 Å². The topological polar surface area (TPSA) is 23.5 Å². The quantitative estimate of drug-likeness (QED) is 0.346. The first kappa shape index (κ1) is 8.24. The van der Waals surface area contributed by atoms with Crippen LogP contribution >= 0.6 is 37.7 Å². The van der Waals surface area contributed by atoms with E-state index in [0.29, 0.717) is 4.32 Å². The normalized spacial score (nSPS) is 8.43. The second-order valence-corrected chi connectivity index (χ2v) is 4.17. The molecule has 0 amide bonds. The molecule has 0 rings (SSSR count). The van der Waals surface area contributed by atoms with Gasteiger partial charge in [-0.2, -0.15) is 0 Å². The molecule has 0 aromatic heterocycles. The standard InChI is InChI=1S/CH3NS3.Mo.H2O/c3-1(4)2-5;;/h(H3,2,3,4,5);;1H2/q;+2;/p-2. The van der Waals surface area contributed by atoms with Crippen LogP contribution in [0.15, 0.2) is 0 Å². The zero-order valence-electron chi connectivity index (χ0n) is 3.11. The maximum absolute atomic E-state index is 8.35. The van der Waals surface area contributed by atoms with Gasteiger partial charge in [-0.3, -0.25) is 0 Å². The van der Waals surface area contributed by atoms with Gasteiger partial charge < -0.3 is 0 Å². The molecular formula is CH3MoNOS3. The Morgan fingerprint density at radius 1 is 1.86 bits per heavy atom. The van der Waals surface area contributed by atoms with Gasteiger partial charge in [-0.1, -0.05) is 0 Å². The molecule has 2 nitrogen and oxygen atoms in total. The summed E-state index contributed by atoms with van der Waals surface area (Å²) in [7, 11) is 0. The van der Waals surface area contributed by atoms with E-state index in [-0.39, 0.29) is 0 Å². The van der Waals surface area contributed by atoms with E-state index in [2.05, 4.69) is 37.7 Å². The molecule has 0 saturated carbocycles. The van der Waals surface area contributed by atoms with E-state index in [1.807, 2.05) is 0 Å². The van der Waals surface area contributed by atoms with Crippen LogP contribution in [0.25, 0.3) is 0 Å². The van der Waals surface area contributed by atoms with Gasteiger partial charge in [0.2, 0.25) is 0 Å². The summed E-state index contributed by atoms with van der Waals surface area (Å²) in [6.45, 7) is 0. The molecule has 0 aliphatic rings. The number of rotatable bonds is 1. The van der Waals surface area contributed by atoms with Crippen LogP contribution < -0.4 is 0 Å². The van der Waals surface area contributed by atoms with E-state index in [4.69, 9.17) is 3.76 Å². The first-order chi connectivity index (χ1) is 3.18. The molecule has 0 bridgehead atoms. The average Bonchev–Trinajstić information content (AvgIpc) is 1.65. The zero-order chi connectivity index (χ0) is 5.86. The van der Waals surface area contributed by atoms with E-state index in [1.54, 1.807) is 0 Å². The van der Waals surface area contributed by atoms with E-state index in [9.17, 15) is 0 Å². The molecule has 0 aliphatic heterocycles. The van der Waals surface area contributed by atoms with Crippen LogP contribution in [0, 0.1) is 0 Å². The van der Waals surface area contributed by atoms with Crippen molar-refractivity contribution in [3.8, 4) is 0 Å². The Hall–Kier alpha value is 1.24. The van der Waals surface area contributed by atoms with E-state index >= 15 is 0 Å². The van der Waals surface area contributed by atoms with Crippen molar-refractivity contribution >= 4 is 42.0 Å². The maximum atomic E-state index is 8.35. The molecule has 42 valence electrons.